The lowest BCUT2D eigenvalue weighted by Crippen LogP contribution is -1.92. The Hall–Kier alpha value is -1.37. The van der Waals surface area contributed by atoms with Crippen molar-refractivity contribution in [2.75, 3.05) is 0 Å². The first-order valence-corrected chi connectivity index (χ1v) is 4.43. The Morgan fingerprint density at radius 3 is 2.69 bits per heavy atom. The maximum atomic E-state index is 10.6. The number of hydrogen-bond donors (Lipinski definition) is 0. The quantitative estimate of drug-likeness (QED) is 0.643. The highest BCUT2D eigenvalue weighted by Crippen LogP contribution is 2.16. The highest BCUT2D eigenvalue weighted by molar-refractivity contribution is 5.78. The van der Waals surface area contributed by atoms with Gasteiger partial charge in [-0.25, -0.2) is 0 Å². The first-order chi connectivity index (χ1) is 6.19. The molecule has 0 aromatic heterocycles. The number of allylic oxidation sites excluding steroid dienone is 1. The smallest absolute Gasteiger partial charge is 0.150 e. The van der Waals surface area contributed by atoms with Gasteiger partial charge in [-0.3, -0.25) is 4.79 Å². The Kier molecular flexibility index (Phi) is 3.02. The Morgan fingerprint density at radius 1 is 1.54 bits per heavy atom. The van der Waals surface area contributed by atoms with E-state index in [-0.39, 0.29) is 0 Å². The van der Waals surface area contributed by atoms with E-state index in [4.69, 9.17) is 0 Å². The molecule has 0 fully saturated rings. The molecule has 0 heterocycles. The molecule has 0 aliphatic rings. The molecule has 0 amide bonds. The van der Waals surface area contributed by atoms with Crippen molar-refractivity contribution in [3.8, 4) is 0 Å². The third-order valence-corrected chi connectivity index (χ3v) is 2.14. The molecule has 1 rings (SSSR count). The Bertz CT molecular complexity index is 337. The molecule has 0 N–H and O–H groups in total. The average molecular weight is 174 g/mol. The van der Waals surface area contributed by atoms with Crippen LogP contribution < -0.4 is 0 Å². The van der Waals surface area contributed by atoms with E-state index in [9.17, 15) is 4.79 Å². The maximum Gasteiger partial charge on any atom is 0.150 e. The zero-order valence-electron chi connectivity index (χ0n) is 8.13. The topological polar surface area (TPSA) is 17.1 Å². The van der Waals surface area contributed by atoms with Crippen LogP contribution in [-0.4, -0.2) is 6.29 Å². The number of hydrogen-bond acceptors (Lipinski definition) is 1. The summed E-state index contributed by atoms with van der Waals surface area (Å²) in [5.74, 6) is 0. The van der Waals surface area contributed by atoms with Crippen LogP contribution in [0.5, 0.6) is 0 Å². The largest absolute Gasteiger partial charge is 0.298 e. The maximum absolute atomic E-state index is 10.6. The summed E-state index contributed by atoms with van der Waals surface area (Å²) in [6.07, 6.45) is 1.79. The van der Waals surface area contributed by atoms with Gasteiger partial charge in [0.15, 0.2) is 0 Å². The van der Waals surface area contributed by atoms with E-state index >= 15 is 0 Å². The molecule has 1 aromatic rings. The summed E-state index contributed by atoms with van der Waals surface area (Å²) in [6, 6.07) is 5.83. The third-order valence-electron chi connectivity index (χ3n) is 2.14. The standard InChI is InChI=1S/C12H14O/c1-4-10-7-11(9(2)3)5-6-12(10)8-13/h5-8H,2,4H2,1,3H3. The summed E-state index contributed by atoms with van der Waals surface area (Å²) in [5.41, 5.74) is 4.03. The second kappa shape index (κ2) is 4.04. The summed E-state index contributed by atoms with van der Waals surface area (Å²) in [7, 11) is 0. The van der Waals surface area contributed by atoms with Gasteiger partial charge in [-0.2, -0.15) is 0 Å². The molecule has 0 saturated carbocycles. The van der Waals surface area contributed by atoms with Crippen LogP contribution in [0.2, 0.25) is 0 Å². The molecule has 0 bridgehead atoms. The molecule has 0 spiro atoms. The Balaban J connectivity index is 3.20. The highest BCUT2D eigenvalue weighted by atomic mass is 16.1. The summed E-state index contributed by atoms with van der Waals surface area (Å²) in [6.45, 7) is 7.88. The van der Waals surface area contributed by atoms with E-state index in [1.165, 1.54) is 0 Å². The lowest BCUT2D eigenvalue weighted by Gasteiger charge is -2.05. The molecular weight excluding hydrogens is 160 g/mol. The van der Waals surface area contributed by atoms with Gasteiger partial charge in [0.1, 0.15) is 6.29 Å². The van der Waals surface area contributed by atoms with E-state index in [0.717, 1.165) is 35.0 Å². The normalized spacial score (nSPS) is 9.69. The van der Waals surface area contributed by atoms with Crippen LogP contribution in [-0.2, 0) is 6.42 Å². The Morgan fingerprint density at radius 2 is 2.23 bits per heavy atom. The highest BCUT2D eigenvalue weighted by Gasteiger charge is 2.01. The molecule has 13 heavy (non-hydrogen) atoms. The predicted octanol–water partition coefficient (Wildman–Crippen LogP) is 3.09. The van der Waals surface area contributed by atoms with Crippen molar-refractivity contribution in [1.29, 1.82) is 0 Å². The van der Waals surface area contributed by atoms with Crippen molar-refractivity contribution in [3.05, 3.63) is 41.5 Å². The van der Waals surface area contributed by atoms with E-state index in [1.807, 2.05) is 32.0 Å². The van der Waals surface area contributed by atoms with Crippen LogP contribution in [0.4, 0.5) is 0 Å². The van der Waals surface area contributed by atoms with Gasteiger partial charge in [0.25, 0.3) is 0 Å². The van der Waals surface area contributed by atoms with Gasteiger partial charge in [-0.05, 0) is 24.5 Å². The fourth-order valence-corrected chi connectivity index (χ4v) is 1.29. The van der Waals surface area contributed by atoms with Crippen molar-refractivity contribution in [1.82, 2.24) is 0 Å². The van der Waals surface area contributed by atoms with Crippen molar-refractivity contribution in [2.45, 2.75) is 20.3 Å². The molecular formula is C12H14O. The second-order valence-electron chi connectivity index (χ2n) is 3.17. The lowest BCUT2D eigenvalue weighted by molar-refractivity contribution is 0.112. The molecule has 1 nitrogen and oxygen atoms in total. The minimum Gasteiger partial charge on any atom is -0.298 e. The molecule has 1 aromatic carbocycles. The molecule has 0 unspecified atom stereocenters. The number of carbonyl (C=O) groups excluding carboxylic acids is 1. The molecule has 0 aliphatic heterocycles. The number of aldehydes is 1. The fraction of sp³-hybridized carbons (Fsp3) is 0.250. The molecule has 1 heteroatoms. The van der Waals surface area contributed by atoms with E-state index < -0.39 is 0 Å². The number of aryl methyl sites for hydroxylation is 1. The summed E-state index contributed by atoms with van der Waals surface area (Å²) >= 11 is 0. The van der Waals surface area contributed by atoms with Gasteiger partial charge in [0.2, 0.25) is 0 Å². The molecule has 0 radical (unpaired) electrons. The number of carbonyl (C=O) groups is 1. The van der Waals surface area contributed by atoms with Crippen LogP contribution in [0.1, 0.15) is 35.3 Å². The van der Waals surface area contributed by atoms with Crippen LogP contribution in [0.15, 0.2) is 24.8 Å². The van der Waals surface area contributed by atoms with Crippen LogP contribution in [0.25, 0.3) is 5.57 Å². The number of rotatable bonds is 3. The summed E-state index contributed by atoms with van der Waals surface area (Å²) < 4.78 is 0. The zero-order valence-corrected chi connectivity index (χ0v) is 8.13. The van der Waals surface area contributed by atoms with Gasteiger partial charge >= 0.3 is 0 Å². The second-order valence-corrected chi connectivity index (χ2v) is 3.17. The zero-order chi connectivity index (χ0) is 9.84. The third kappa shape index (κ3) is 2.05. The fourth-order valence-electron chi connectivity index (χ4n) is 1.29. The van der Waals surface area contributed by atoms with Crippen molar-refractivity contribution < 1.29 is 4.79 Å². The molecule has 0 aliphatic carbocycles. The predicted molar refractivity (Wildman–Crippen MR) is 55.9 cm³/mol. The van der Waals surface area contributed by atoms with Crippen LogP contribution >= 0.6 is 0 Å². The first kappa shape index (κ1) is 9.72. The Labute approximate surface area is 79.1 Å². The van der Waals surface area contributed by atoms with Gasteiger partial charge in [-0.15, -0.1) is 0 Å². The van der Waals surface area contributed by atoms with Crippen LogP contribution in [0.3, 0.4) is 0 Å². The minimum atomic E-state index is 0.785. The van der Waals surface area contributed by atoms with Crippen molar-refractivity contribution in [2.24, 2.45) is 0 Å². The number of benzene rings is 1. The van der Waals surface area contributed by atoms with Crippen molar-refractivity contribution >= 4 is 11.9 Å². The molecule has 0 saturated heterocycles. The molecule has 68 valence electrons. The summed E-state index contributed by atoms with van der Waals surface area (Å²) in [4.78, 5) is 10.6. The van der Waals surface area contributed by atoms with Gasteiger partial charge in [-0.1, -0.05) is 37.3 Å². The first-order valence-electron chi connectivity index (χ1n) is 4.43. The molecule has 0 atom stereocenters. The van der Waals surface area contributed by atoms with E-state index in [1.54, 1.807) is 0 Å². The summed E-state index contributed by atoms with van der Waals surface area (Å²) in [5, 5.41) is 0. The minimum absolute atomic E-state index is 0.785. The average Bonchev–Trinajstić information content (AvgIpc) is 2.16. The van der Waals surface area contributed by atoms with Gasteiger partial charge < -0.3 is 0 Å². The van der Waals surface area contributed by atoms with Crippen molar-refractivity contribution in [3.63, 3.8) is 0 Å². The lowest BCUT2D eigenvalue weighted by atomic mass is 10.00. The van der Waals surface area contributed by atoms with E-state index in [2.05, 4.69) is 6.58 Å². The monoisotopic (exact) mass is 174 g/mol. The SMILES string of the molecule is C=C(C)c1ccc(C=O)c(CC)c1. The van der Waals surface area contributed by atoms with Crippen LogP contribution in [0, 0.1) is 0 Å². The van der Waals surface area contributed by atoms with E-state index in [0.29, 0.717) is 0 Å². The van der Waals surface area contributed by atoms with Gasteiger partial charge in [0.05, 0.1) is 0 Å². The van der Waals surface area contributed by atoms with Gasteiger partial charge in [0, 0.05) is 5.56 Å².